The standard InChI is InChI=1S/C11H14N4O/c1-2-5-13-10-8(6-12)11(16)15-9(14-10)7-3-4-7/h7H,2-5H2,1H3,(H2,13,14,15,16). The summed E-state index contributed by atoms with van der Waals surface area (Å²) in [6, 6.07) is 1.89. The number of nitrogens with zero attached hydrogens (tertiary/aromatic N) is 2. The lowest BCUT2D eigenvalue weighted by molar-refractivity contribution is 0.889. The summed E-state index contributed by atoms with van der Waals surface area (Å²) in [5.74, 6) is 1.51. The van der Waals surface area contributed by atoms with E-state index in [2.05, 4.69) is 15.3 Å². The highest BCUT2D eigenvalue weighted by molar-refractivity contribution is 5.50. The van der Waals surface area contributed by atoms with Crippen LogP contribution >= 0.6 is 0 Å². The van der Waals surface area contributed by atoms with E-state index < -0.39 is 0 Å². The fraction of sp³-hybridized carbons (Fsp3) is 0.545. The molecule has 0 unspecified atom stereocenters. The van der Waals surface area contributed by atoms with E-state index in [1.54, 1.807) is 0 Å². The maximum Gasteiger partial charge on any atom is 0.271 e. The van der Waals surface area contributed by atoms with Crippen LogP contribution in [0.15, 0.2) is 4.79 Å². The first-order chi connectivity index (χ1) is 7.76. The van der Waals surface area contributed by atoms with Gasteiger partial charge in [0, 0.05) is 12.5 Å². The molecule has 1 fully saturated rings. The summed E-state index contributed by atoms with van der Waals surface area (Å²) < 4.78 is 0. The highest BCUT2D eigenvalue weighted by atomic mass is 16.1. The van der Waals surface area contributed by atoms with E-state index in [1.165, 1.54) is 0 Å². The van der Waals surface area contributed by atoms with E-state index in [1.807, 2.05) is 13.0 Å². The fourth-order valence-electron chi connectivity index (χ4n) is 1.52. The number of hydrogen-bond donors (Lipinski definition) is 2. The van der Waals surface area contributed by atoms with E-state index >= 15 is 0 Å². The molecule has 0 spiro atoms. The highest BCUT2D eigenvalue weighted by Gasteiger charge is 2.27. The molecule has 1 heterocycles. The topological polar surface area (TPSA) is 81.6 Å². The van der Waals surface area contributed by atoms with Crippen LogP contribution in [0.25, 0.3) is 0 Å². The van der Waals surface area contributed by atoms with Gasteiger partial charge in [0.1, 0.15) is 11.9 Å². The Bertz CT molecular complexity index is 482. The van der Waals surface area contributed by atoms with Crippen molar-refractivity contribution in [3.8, 4) is 6.07 Å². The second-order valence-corrected chi connectivity index (χ2v) is 3.99. The van der Waals surface area contributed by atoms with Gasteiger partial charge in [-0.25, -0.2) is 4.98 Å². The molecule has 0 aromatic carbocycles. The maximum absolute atomic E-state index is 11.6. The van der Waals surface area contributed by atoms with Crippen LogP contribution in [0.3, 0.4) is 0 Å². The Morgan fingerprint density at radius 1 is 1.62 bits per heavy atom. The van der Waals surface area contributed by atoms with Crippen LogP contribution in [0.5, 0.6) is 0 Å². The van der Waals surface area contributed by atoms with Crippen LogP contribution in [0, 0.1) is 11.3 Å². The molecular formula is C11H14N4O. The van der Waals surface area contributed by atoms with Gasteiger partial charge >= 0.3 is 0 Å². The number of H-pyrrole nitrogens is 1. The third-order valence-electron chi connectivity index (χ3n) is 2.56. The zero-order valence-electron chi connectivity index (χ0n) is 9.21. The summed E-state index contributed by atoms with van der Waals surface area (Å²) in [6.07, 6.45) is 3.07. The van der Waals surface area contributed by atoms with E-state index in [9.17, 15) is 4.79 Å². The molecular weight excluding hydrogens is 204 g/mol. The molecule has 84 valence electrons. The summed E-state index contributed by atoms with van der Waals surface area (Å²) >= 11 is 0. The predicted octanol–water partition coefficient (Wildman–Crippen LogP) is 1.34. The summed E-state index contributed by atoms with van der Waals surface area (Å²) in [6.45, 7) is 2.74. The molecule has 16 heavy (non-hydrogen) atoms. The van der Waals surface area contributed by atoms with E-state index in [0.29, 0.717) is 17.6 Å². The minimum atomic E-state index is -0.335. The molecule has 0 amide bonds. The smallest absolute Gasteiger partial charge is 0.271 e. The molecule has 5 nitrogen and oxygen atoms in total. The third kappa shape index (κ3) is 2.06. The van der Waals surface area contributed by atoms with Crippen LogP contribution in [0.4, 0.5) is 5.82 Å². The average Bonchev–Trinajstić information content (AvgIpc) is 3.09. The summed E-state index contributed by atoms with van der Waals surface area (Å²) in [5.41, 5.74) is -0.254. The first kappa shape index (κ1) is 10.7. The molecule has 1 saturated carbocycles. The second kappa shape index (κ2) is 4.35. The van der Waals surface area contributed by atoms with Gasteiger partial charge in [0.15, 0.2) is 11.4 Å². The fourth-order valence-corrected chi connectivity index (χ4v) is 1.52. The Balaban J connectivity index is 2.38. The molecule has 2 rings (SSSR count). The molecule has 0 radical (unpaired) electrons. The Morgan fingerprint density at radius 2 is 2.38 bits per heavy atom. The van der Waals surface area contributed by atoms with Gasteiger partial charge in [0.05, 0.1) is 0 Å². The van der Waals surface area contributed by atoms with Gasteiger partial charge < -0.3 is 10.3 Å². The van der Waals surface area contributed by atoms with Crippen molar-refractivity contribution in [2.75, 3.05) is 11.9 Å². The number of nitrogens with one attached hydrogen (secondary N) is 2. The number of nitriles is 1. The van der Waals surface area contributed by atoms with E-state index in [0.717, 1.165) is 25.8 Å². The number of hydrogen-bond acceptors (Lipinski definition) is 4. The molecule has 0 bridgehead atoms. The van der Waals surface area contributed by atoms with Crippen molar-refractivity contribution < 1.29 is 0 Å². The van der Waals surface area contributed by atoms with Crippen molar-refractivity contribution in [1.29, 1.82) is 5.26 Å². The first-order valence-corrected chi connectivity index (χ1v) is 5.54. The van der Waals surface area contributed by atoms with Crippen LogP contribution in [-0.4, -0.2) is 16.5 Å². The highest BCUT2D eigenvalue weighted by Crippen LogP contribution is 2.37. The normalized spacial score (nSPS) is 14.5. The number of aromatic amines is 1. The van der Waals surface area contributed by atoms with Crippen LogP contribution in [0.2, 0.25) is 0 Å². The molecule has 1 aliphatic rings. The minimum absolute atomic E-state index is 0.0813. The number of rotatable bonds is 4. The zero-order valence-corrected chi connectivity index (χ0v) is 9.21. The second-order valence-electron chi connectivity index (χ2n) is 3.99. The van der Waals surface area contributed by atoms with Gasteiger partial charge in [-0.2, -0.15) is 5.26 Å². The number of anilines is 1. The first-order valence-electron chi connectivity index (χ1n) is 5.54. The van der Waals surface area contributed by atoms with Crippen LogP contribution in [-0.2, 0) is 0 Å². The lowest BCUT2D eigenvalue weighted by atomic mass is 10.3. The molecule has 0 aliphatic heterocycles. The molecule has 2 N–H and O–H groups in total. The van der Waals surface area contributed by atoms with Crippen molar-refractivity contribution in [3.63, 3.8) is 0 Å². The molecule has 5 heteroatoms. The SMILES string of the molecule is CCCNc1nc(C2CC2)[nH]c(=O)c1C#N. The molecule has 0 saturated heterocycles. The third-order valence-corrected chi connectivity index (χ3v) is 2.56. The van der Waals surface area contributed by atoms with Gasteiger partial charge in [-0.05, 0) is 19.3 Å². The Morgan fingerprint density at radius 3 is 2.94 bits per heavy atom. The minimum Gasteiger partial charge on any atom is -0.369 e. The van der Waals surface area contributed by atoms with Gasteiger partial charge in [0.2, 0.25) is 0 Å². The molecule has 1 aromatic rings. The predicted molar refractivity (Wildman–Crippen MR) is 60.3 cm³/mol. The lowest BCUT2D eigenvalue weighted by Crippen LogP contribution is -2.18. The Labute approximate surface area is 93.5 Å². The van der Waals surface area contributed by atoms with Crippen molar-refractivity contribution in [3.05, 3.63) is 21.7 Å². The Hall–Kier alpha value is -1.83. The maximum atomic E-state index is 11.6. The zero-order chi connectivity index (χ0) is 11.5. The van der Waals surface area contributed by atoms with Gasteiger partial charge in [-0.1, -0.05) is 6.92 Å². The molecule has 0 atom stereocenters. The summed E-state index contributed by atoms with van der Waals surface area (Å²) in [7, 11) is 0. The molecule has 1 aromatic heterocycles. The van der Waals surface area contributed by atoms with Crippen molar-refractivity contribution in [2.45, 2.75) is 32.1 Å². The van der Waals surface area contributed by atoms with Crippen LogP contribution < -0.4 is 10.9 Å². The Kier molecular flexibility index (Phi) is 2.91. The number of aromatic nitrogens is 2. The summed E-state index contributed by atoms with van der Waals surface area (Å²) in [4.78, 5) is 18.6. The van der Waals surface area contributed by atoms with E-state index in [-0.39, 0.29) is 11.1 Å². The van der Waals surface area contributed by atoms with Gasteiger partial charge in [-0.15, -0.1) is 0 Å². The van der Waals surface area contributed by atoms with Crippen molar-refractivity contribution in [1.82, 2.24) is 9.97 Å². The quantitative estimate of drug-likeness (QED) is 0.799. The largest absolute Gasteiger partial charge is 0.369 e. The van der Waals surface area contributed by atoms with Gasteiger partial charge in [0.25, 0.3) is 5.56 Å². The van der Waals surface area contributed by atoms with E-state index in [4.69, 9.17) is 5.26 Å². The molecule has 1 aliphatic carbocycles. The monoisotopic (exact) mass is 218 g/mol. The average molecular weight is 218 g/mol. The van der Waals surface area contributed by atoms with Crippen molar-refractivity contribution >= 4 is 5.82 Å². The van der Waals surface area contributed by atoms with Crippen LogP contribution in [0.1, 0.15) is 43.5 Å². The van der Waals surface area contributed by atoms with Gasteiger partial charge in [-0.3, -0.25) is 4.79 Å². The lowest BCUT2D eigenvalue weighted by Gasteiger charge is -2.07. The summed E-state index contributed by atoms with van der Waals surface area (Å²) in [5, 5.41) is 11.9. The van der Waals surface area contributed by atoms with Crippen molar-refractivity contribution in [2.24, 2.45) is 0 Å².